The Labute approximate surface area is 175 Å². The van der Waals surface area contributed by atoms with Crippen LogP contribution in [0.25, 0.3) is 0 Å². The first-order valence-electron chi connectivity index (χ1n) is 11.3. The molecule has 0 bridgehead atoms. The smallest absolute Gasteiger partial charge is 0.112 e. The van der Waals surface area contributed by atoms with Crippen LogP contribution in [0.4, 0.5) is 0 Å². The molecule has 4 unspecified atom stereocenters. The summed E-state index contributed by atoms with van der Waals surface area (Å²) in [5.41, 5.74) is 5.21. The minimum absolute atomic E-state index is 0.0378. The molecule has 2 saturated heterocycles. The summed E-state index contributed by atoms with van der Waals surface area (Å²) in [5.74, 6) is 0. The van der Waals surface area contributed by atoms with Crippen LogP contribution in [-0.4, -0.2) is 25.4 Å². The molecule has 2 aromatic carbocycles. The Bertz CT molecular complexity index is 679. The normalized spacial score (nSPS) is 22.3. The minimum atomic E-state index is -0.0378. The number of rotatable bonds is 12. The van der Waals surface area contributed by atoms with Crippen LogP contribution >= 0.6 is 0 Å². The van der Waals surface area contributed by atoms with Crippen LogP contribution in [0.15, 0.2) is 48.5 Å². The second-order valence-corrected chi connectivity index (χ2v) is 8.41. The van der Waals surface area contributed by atoms with E-state index >= 15 is 0 Å². The maximum Gasteiger partial charge on any atom is 0.112 e. The Kier molecular flexibility index (Phi) is 7.02. The van der Waals surface area contributed by atoms with Gasteiger partial charge in [0.15, 0.2) is 0 Å². The molecule has 4 atom stereocenters. The second-order valence-electron chi connectivity index (χ2n) is 8.41. The minimum Gasteiger partial charge on any atom is -0.370 e. The molecule has 29 heavy (non-hydrogen) atoms. The lowest BCUT2D eigenvalue weighted by molar-refractivity contribution is -0.0419. The Morgan fingerprint density at radius 2 is 1.10 bits per heavy atom. The van der Waals surface area contributed by atoms with E-state index in [1.807, 2.05) is 0 Å². The van der Waals surface area contributed by atoms with Crippen LogP contribution in [0.2, 0.25) is 0 Å². The average molecular weight is 395 g/mol. The highest BCUT2D eigenvalue weighted by atomic mass is 16.6. The highest BCUT2D eigenvalue weighted by molar-refractivity contribution is 5.28. The lowest BCUT2D eigenvalue weighted by Gasteiger charge is -2.24. The Hall–Kier alpha value is -1.68. The van der Waals surface area contributed by atoms with Crippen molar-refractivity contribution in [3.63, 3.8) is 0 Å². The van der Waals surface area contributed by atoms with Gasteiger partial charge in [0.05, 0.1) is 13.2 Å². The molecule has 0 saturated carbocycles. The number of epoxide rings is 2. The molecule has 3 nitrogen and oxygen atoms in total. The zero-order chi connectivity index (χ0) is 20.1. The number of hydrogen-bond donors (Lipinski definition) is 0. The van der Waals surface area contributed by atoms with E-state index < -0.39 is 0 Å². The number of aryl methyl sites for hydroxylation is 2. The molecular weight excluding hydrogens is 360 g/mol. The molecule has 0 aromatic heterocycles. The highest BCUT2D eigenvalue weighted by Crippen LogP contribution is 2.40. The summed E-state index contributed by atoms with van der Waals surface area (Å²) in [7, 11) is 0. The molecule has 156 valence electrons. The van der Waals surface area contributed by atoms with Gasteiger partial charge in [0.25, 0.3) is 0 Å². The van der Waals surface area contributed by atoms with Gasteiger partial charge in [-0.3, -0.25) is 0 Å². The van der Waals surface area contributed by atoms with E-state index in [4.69, 9.17) is 14.2 Å². The van der Waals surface area contributed by atoms with Crippen molar-refractivity contribution in [2.45, 2.75) is 76.8 Å². The summed E-state index contributed by atoms with van der Waals surface area (Å²) in [6, 6.07) is 17.9. The first-order valence-corrected chi connectivity index (χ1v) is 11.3. The molecule has 2 heterocycles. The van der Waals surface area contributed by atoms with Crippen molar-refractivity contribution in [1.82, 2.24) is 0 Å². The van der Waals surface area contributed by atoms with E-state index in [0.29, 0.717) is 0 Å². The first kappa shape index (κ1) is 20.6. The van der Waals surface area contributed by atoms with Gasteiger partial charge >= 0.3 is 0 Å². The third-order valence-electron chi connectivity index (χ3n) is 5.94. The average Bonchev–Trinajstić information content (AvgIpc) is 3.66. The van der Waals surface area contributed by atoms with Gasteiger partial charge in [0.1, 0.15) is 24.4 Å². The third-order valence-corrected chi connectivity index (χ3v) is 5.94. The second kappa shape index (κ2) is 9.88. The fraction of sp³-hybridized carbons (Fsp3) is 0.538. The standard InChI is InChI=1S/C26H34O3/c1-3-5-7-19-9-13-21(14-10-19)25(23-17-27-23)29-26(24-18-28-24)22-15-11-20(12-16-22)8-6-4-2/h9-16,23-26H,3-8,17-18H2,1-2H3. The molecule has 4 rings (SSSR count). The monoisotopic (exact) mass is 394 g/mol. The van der Waals surface area contributed by atoms with Crippen LogP contribution in [-0.2, 0) is 27.1 Å². The van der Waals surface area contributed by atoms with Crippen molar-refractivity contribution in [1.29, 1.82) is 0 Å². The number of unbranched alkanes of at least 4 members (excludes halogenated alkanes) is 2. The van der Waals surface area contributed by atoms with Crippen LogP contribution < -0.4 is 0 Å². The summed E-state index contributed by atoms with van der Waals surface area (Å²) < 4.78 is 18.0. The van der Waals surface area contributed by atoms with E-state index in [1.165, 1.54) is 47.9 Å². The molecule has 0 N–H and O–H groups in total. The number of benzene rings is 2. The topological polar surface area (TPSA) is 34.3 Å². The van der Waals surface area contributed by atoms with E-state index in [0.717, 1.165) is 26.1 Å². The Morgan fingerprint density at radius 1 is 0.724 bits per heavy atom. The maximum atomic E-state index is 6.66. The molecule has 2 aliphatic heterocycles. The summed E-state index contributed by atoms with van der Waals surface area (Å²) in [5, 5.41) is 0. The van der Waals surface area contributed by atoms with Crippen molar-refractivity contribution in [3.8, 4) is 0 Å². The predicted octanol–water partition coefficient (Wildman–Crippen LogP) is 5.97. The molecule has 0 radical (unpaired) electrons. The molecule has 2 aromatic rings. The highest BCUT2D eigenvalue weighted by Gasteiger charge is 2.42. The van der Waals surface area contributed by atoms with Gasteiger partial charge in [0.2, 0.25) is 0 Å². The van der Waals surface area contributed by atoms with Crippen molar-refractivity contribution in [2.24, 2.45) is 0 Å². The van der Waals surface area contributed by atoms with Crippen LogP contribution in [0.1, 0.15) is 74.0 Å². The quantitative estimate of drug-likeness (QED) is 0.416. The van der Waals surface area contributed by atoms with E-state index in [9.17, 15) is 0 Å². The molecule has 2 fully saturated rings. The van der Waals surface area contributed by atoms with Gasteiger partial charge < -0.3 is 14.2 Å². The summed E-state index contributed by atoms with van der Waals surface area (Å²) in [6.07, 6.45) is 7.45. The molecule has 0 spiro atoms. The Morgan fingerprint density at radius 3 is 1.41 bits per heavy atom. The zero-order valence-electron chi connectivity index (χ0n) is 17.8. The summed E-state index contributed by atoms with van der Waals surface area (Å²) in [4.78, 5) is 0. The number of ether oxygens (including phenoxy) is 3. The lowest BCUT2D eigenvalue weighted by Crippen LogP contribution is -2.19. The summed E-state index contributed by atoms with van der Waals surface area (Å²) >= 11 is 0. The van der Waals surface area contributed by atoms with Gasteiger partial charge in [-0.05, 0) is 47.9 Å². The molecule has 2 aliphatic rings. The van der Waals surface area contributed by atoms with E-state index in [2.05, 4.69) is 62.4 Å². The van der Waals surface area contributed by atoms with Crippen molar-refractivity contribution in [3.05, 3.63) is 70.8 Å². The van der Waals surface area contributed by atoms with Gasteiger partial charge in [0, 0.05) is 0 Å². The van der Waals surface area contributed by atoms with Crippen molar-refractivity contribution < 1.29 is 14.2 Å². The molecule has 0 amide bonds. The van der Waals surface area contributed by atoms with Crippen molar-refractivity contribution >= 4 is 0 Å². The van der Waals surface area contributed by atoms with Gasteiger partial charge in [-0.25, -0.2) is 0 Å². The van der Waals surface area contributed by atoms with Crippen molar-refractivity contribution in [2.75, 3.05) is 13.2 Å². The maximum absolute atomic E-state index is 6.66. The van der Waals surface area contributed by atoms with Crippen LogP contribution in [0, 0.1) is 0 Å². The van der Waals surface area contributed by atoms with Crippen LogP contribution in [0.3, 0.4) is 0 Å². The van der Waals surface area contributed by atoms with E-state index in [-0.39, 0.29) is 24.4 Å². The van der Waals surface area contributed by atoms with Gasteiger partial charge in [-0.15, -0.1) is 0 Å². The van der Waals surface area contributed by atoms with Crippen LogP contribution in [0.5, 0.6) is 0 Å². The SMILES string of the molecule is CCCCc1ccc(C(OC(c2ccc(CCCC)cc2)C2CO2)C2CO2)cc1. The molecule has 3 heteroatoms. The van der Waals surface area contributed by atoms with E-state index in [1.54, 1.807) is 0 Å². The predicted molar refractivity (Wildman–Crippen MR) is 116 cm³/mol. The number of hydrogen-bond acceptors (Lipinski definition) is 3. The zero-order valence-corrected chi connectivity index (χ0v) is 17.8. The first-order chi connectivity index (χ1) is 14.3. The largest absolute Gasteiger partial charge is 0.370 e. The van der Waals surface area contributed by atoms with Gasteiger partial charge in [-0.2, -0.15) is 0 Å². The lowest BCUT2D eigenvalue weighted by atomic mass is 10.00. The molecular formula is C26H34O3. The fourth-order valence-electron chi connectivity index (χ4n) is 3.89. The fourth-order valence-corrected chi connectivity index (χ4v) is 3.89. The van der Waals surface area contributed by atoms with Gasteiger partial charge in [-0.1, -0.05) is 75.2 Å². The summed E-state index contributed by atoms with van der Waals surface area (Å²) in [6.45, 7) is 6.02. The third kappa shape index (κ3) is 5.69. The Balaban J connectivity index is 1.47. The molecule has 0 aliphatic carbocycles.